The van der Waals surface area contributed by atoms with Crippen LogP contribution in [0.4, 0.5) is 0 Å². The predicted octanol–water partition coefficient (Wildman–Crippen LogP) is 2.01. The van der Waals surface area contributed by atoms with Gasteiger partial charge in [0.2, 0.25) is 0 Å². The summed E-state index contributed by atoms with van der Waals surface area (Å²) in [5.74, 6) is 1.91. The van der Waals surface area contributed by atoms with Gasteiger partial charge in [-0.2, -0.15) is 0 Å². The number of nitrogens with two attached hydrogens (primary N) is 1. The Bertz CT molecular complexity index is 313. The number of likely N-dealkylation sites (tertiary alicyclic amines) is 1. The van der Waals surface area contributed by atoms with Crippen molar-refractivity contribution in [3.05, 3.63) is 23.7 Å². The largest absolute Gasteiger partial charge is 0.469 e. The number of hydrogen-bond donors (Lipinski definition) is 1. The third-order valence-electron chi connectivity index (χ3n) is 3.38. The lowest BCUT2D eigenvalue weighted by atomic mass is 9.99. The van der Waals surface area contributed by atoms with Crippen LogP contribution in [0.25, 0.3) is 0 Å². The lowest BCUT2D eigenvalue weighted by Crippen LogP contribution is -2.32. The molecule has 0 amide bonds. The Kier molecular flexibility index (Phi) is 4.02. The summed E-state index contributed by atoms with van der Waals surface area (Å²) < 4.78 is 5.46. The van der Waals surface area contributed by atoms with Crippen molar-refractivity contribution in [2.45, 2.75) is 32.7 Å². The highest BCUT2D eigenvalue weighted by molar-refractivity contribution is 5.13. The van der Waals surface area contributed by atoms with E-state index in [0.29, 0.717) is 6.54 Å². The van der Waals surface area contributed by atoms with Crippen LogP contribution in [-0.4, -0.2) is 24.5 Å². The molecule has 0 radical (unpaired) electrons. The first-order valence-electron chi connectivity index (χ1n) is 6.26. The zero-order chi connectivity index (χ0) is 11.4. The monoisotopic (exact) mass is 222 g/mol. The molecule has 2 N–H and O–H groups in total. The summed E-state index contributed by atoms with van der Waals surface area (Å²) in [5, 5.41) is 0. The van der Waals surface area contributed by atoms with Crippen LogP contribution in [0.3, 0.4) is 0 Å². The van der Waals surface area contributed by atoms with Gasteiger partial charge in [0, 0.05) is 18.5 Å². The van der Waals surface area contributed by atoms with E-state index < -0.39 is 0 Å². The Morgan fingerprint density at radius 2 is 2.19 bits per heavy atom. The molecule has 1 aromatic rings. The zero-order valence-electron chi connectivity index (χ0n) is 10.1. The van der Waals surface area contributed by atoms with Gasteiger partial charge < -0.3 is 10.2 Å². The van der Waals surface area contributed by atoms with E-state index in [1.807, 2.05) is 6.26 Å². The smallest absolute Gasteiger partial charge is 0.105 e. The maximum Gasteiger partial charge on any atom is 0.105 e. The molecule has 0 aliphatic carbocycles. The quantitative estimate of drug-likeness (QED) is 0.847. The van der Waals surface area contributed by atoms with Gasteiger partial charge in [0.1, 0.15) is 5.76 Å². The van der Waals surface area contributed by atoms with E-state index in [1.165, 1.54) is 31.5 Å². The predicted molar refractivity (Wildman–Crippen MR) is 65.1 cm³/mol. The van der Waals surface area contributed by atoms with Crippen molar-refractivity contribution in [2.75, 3.05) is 19.6 Å². The second kappa shape index (κ2) is 5.51. The van der Waals surface area contributed by atoms with Crippen molar-refractivity contribution in [3.63, 3.8) is 0 Å². The molecule has 3 heteroatoms. The Morgan fingerprint density at radius 1 is 1.44 bits per heavy atom. The molecule has 3 nitrogen and oxygen atoms in total. The number of hydrogen-bond acceptors (Lipinski definition) is 3. The Morgan fingerprint density at radius 3 is 2.88 bits per heavy atom. The highest BCUT2D eigenvalue weighted by Gasteiger charge is 2.16. The van der Waals surface area contributed by atoms with Gasteiger partial charge >= 0.3 is 0 Å². The first kappa shape index (κ1) is 11.7. The number of piperidine rings is 1. The average Bonchev–Trinajstić information content (AvgIpc) is 2.70. The first-order valence-corrected chi connectivity index (χ1v) is 6.26. The zero-order valence-corrected chi connectivity index (χ0v) is 10.1. The molecular weight excluding hydrogens is 200 g/mol. The van der Waals surface area contributed by atoms with Crippen LogP contribution in [0, 0.1) is 5.92 Å². The normalized spacial score (nSPS) is 19.1. The van der Waals surface area contributed by atoms with E-state index in [0.717, 1.165) is 24.6 Å². The molecule has 1 aliphatic rings. The third kappa shape index (κ3) is 3.09. The fourth-order valence-electron chi connectivity index (χ4n) is 2.26. The first-order chi connectivity index (χ1) is 7.78. The average molecular weight is 222 g/mol. The van der Waals surface area contributed by atoms with E-state index in [9.17, 15) is 0 Å². The molecule has 0 atom stereocenters. The third-order valence-corrected chi connectivity index (χ3v) is 3.38. The molecule has 2 heterocycles. The molecule has 0 bridgehead atoms. The topological polar surface area (TPSA) is 42.4 Å². The van der Waals surface area contributed by atoms with Gasteiger partial charge in [0.25, 0.3) is 0 Å². The number of nitrogens with zero attached hydrogens (tertiary/aromatic N) is 1. The van der Waals surface area contributed by atoms with E-state index in [4.69, 9.17) is 10.2 Å². The lowest BCUT2D eigenvalue weighted by molar-refractivity contribution is 0.185. The van der Waals surface area contributed by atoms with Crippen LogP contribution >= 0.6 is 0 Å². The molecule has 2 rings (SSSR count). The van der Waals surface area contributed by atoms with Gasteiger partial charge in [-0.1, -0.05) is 6.92 Å². The Hall–Kier alpha value is -0.800. The summed E-state index contributed by atoms with van der Waals surface area (Å²) in [4.78, 5) is 2.51. The van der Waals surface area contributed by atoms with Crippen molar-refractivity contribution < 1.29 is 4.42 Å². The van der Waals surface area contributed by atoms with Crippen LogP contribution < -0.4 is 5.73 Å². The molecule has 0 saturated carbocycles. The lowest BCUT2D eigenvalue weighted by Gasteiger charge is -2.29. The Labute approximate surface area is 97.6 Å². The van der Waals surface area contributed by atoms with Gasteiger partial charge in [-0.3, -0.25) is 4.90 Å². The van der Waals surface area contributed by atoms with Crippen LogP contribution in [0.5, 0.6) is 0 Å². The van der Waals surface area contributed by atoms with Crippen molar-refractivity contribution in [1.29, 1.82) is 0 Å². The Balaban J connectivity index is 1.83. The minimum atomic E-state index is 0.661. The molecule has 90 valence electrons. The minimum Gasteiger partial charge on any atom is -0.469 e. The molecule has 1 aliphatic heterocycles. The summed E-state index contributed by atoms with van der Waals surface area (Å²) in [6.07, 6.45) is 5.38. The molecule has 1 saturated heterocycles. The van der Waals surface area contributed by atoms with Crippen LogP contribution in [0.15, 0.2) is 16.7 Å². The van der Waals surface area contributed by atoms with Crippen LogP contribution in [0.1, 0.15) is 31.1 Å². The van der Waals surface area contributed by atoms with Crippen LogP contribution in [0.2, 0.25) is 0 Å². The maximum absolute atomic E-state index is 5.50. The second-order valence-corrected chi connectivity index (χ2v) is 4.92. The van der Waals surface area contributed by atoms with Gasteiger partial charge in [0.15, 0.2) is 0 Å². The van der Waals surface area contributed by atoms with E-state index in [1.54, 1.807) is 0 Å². The summed E-state index contributed by atoms with van der Waals surface area (Å²) in [5.41, 5.74) is 6.79. The van der Waals surface area contributed by atoms with Crippen molar-refractivity contribution in [2.24, 2.45) is 11.7 Å². The van der Waals surface area contributed by atoms with Gasteiger partial charge in [-0.15, -0.1) is 0 Å². The number of furan rings is 1. The molecule has 0 spiro atoms. The van der Waals surface area contributed by atoms with Gasteiger partial charge in [0.05, 0.1) is 6.26 Å². The standard InChI is InChI=1S/C13H22N2O/c1-11-3-6-15(7-4-11)9-12-8-13(2-5-14)16-10-12/h8,10-11H,2-7,9,14H2,1H3. The maximum atomic E-state index is 5.50. The summed E-state index contributed by atoms with van der Waals surface area (Å²) in [6.45, 7) is 6.47. The van der Waals surface area contributed by atoms with Crippen molar-refractivity contribution in [1.82, 2.24) is 4.90 Å². The fourth-order valence-corrected chi connectivity index (χ4v) is 2.26. The van der Waals surface area contributed by atoms with Crippen molar-refractivity contribution in [3.8, 4) is 0 Å². The second-order valence-electron chi connectivity index (χ2n) is 4.92. The number of rotatable bonds is 4. The van der Waals surface area contributed by atoms with Crippen molar-refractivity contribution >= 4 is 0 Å². The summed E-state index contributed by atoms with van der Waals surface area (Å²) in [6, 6.07) is 2.14. The van der Waals surface area contributed by atoms with Gasteiger partial charge in [-0.25, -0.2) is 0 Å². The highest BCUT2D eigenvalue weighted by Crippen LogP contribution is 2.19. The van der Waals surface area contributed by atoms with Crippen LogP contribution in [-0.2, 0) is 13.0 Å². The fraction of sp³-hybridized carbons (Fsp3) is 0.692. The van der Waals surface area contributed by atoms with E-state index >= 15 is 0 Å². The van der Waals surface area contributed by atoms with E-state index in [-0.39, 0.29) is 0 Å². The highest BCUT2D eigenvalue weighted by atomic mass is 16.3. The molecule has 0 aromatic carbocycles. The summed E-state index contributed by atoms with van der Waals surface area (Å²) in [7, 11) is 0. The van der Waals surface area contributed by atoms with Gasteiger partial charge in [-0.05, 0) is 44.5 Å². The molecule has 16 heavy (non-hydrogen) atoms. The van der Waals surface area contributed by atoms with E-state index in [2.05, 4.69) is 17.9 Å². The summed E-state index contributed by atoms with van der Waals surface area (Å²) >= 11 is 0. The minimum absolute atomic E-state index is 0.661. The molecular formula is C13H22N2O. The molecule has 0 unspecified atom stereocenters. The SMILES string of the molecule is CC1CCN(Cc2coc(CCN)c2)CC1. The molecule has 1 fully saturated rings. The molecule has 1 aromatic heterocycles.